The summed E-state index contributed by atoms with van der Waals surface area (Å²) in [6.45, 7) is 0. The first kappa shape index (κ1) is 13.2. The number of carbonyl (C=O) groups is 1. The minimum Gasteiger partial charge on any atom is -0.541 e. The molecule has 1 heterocycles. The molecule has 1 aromatic carbocycles. The van der Waals surface area contributed by atoms with Crippen molar-refractivity contribution in [1.82, 2.24) is 10.1 Å². The van der Waals surface area contributed by atoms with Gasteiger partial charge in [0.05, 0.1) is 10.6 Å². The molecule has 0 fully saturated rings. The number of aromatic carboxylic acids is 1. The number of hydrogen-bond donors (Lipinski definition) is 0. The summed E-state index contributed by atoms with van der Waals surface area (Å²) < 4.78 is 4.73. The molecule has 0 amide bonds. The second-order valence-electron chi connectivity index (χ2n) is 2.69. The second kappa shape index (κ2) is 5.45. The third-order valence-electron chi connectivity index (χ3n) is 1.71. The molecule has 0 aliphatic carbocycles. The van der Waals surface area contributed by atoms with Gasteiger partial charge in [0.25, 0.3) is 5.89 Å². The van der Waals surface area contributed by atoms with E-state index in [9.17, 15) is 9.90 Å². The van der Waals surface area contributed by atoms with Gasteiger partial charge in [0.15, 0.2) is 0 Å². The maximum Gasteiger partial charge on any atom is 1.00 e. The van der Waals surface area contributed by atoms with E-state index in [-0.39, 0.29) is 35.4 Å². The summed E-state index contributed by atoms with van der Waals surface area (Å²) in [6, 6.07) is 6.75. The zero-order valence-electron chi connectivity index (χ0n) is 8.31. The first-order valence-corrected chi connectivity index (χ1v) is 4.36. The zero-order valence-corrected chi connectivity index (χ0v) is 11.1. The third-order valence-corrected chi connectivity index (χ3v) is 2.04. The Kier molecular flexibility index (Phi) is 4.49. The van der Waals surface area contributed by atoms with Crippen LogP contribution >= 0.6 is 11.6 Å². The van der Waals surface area contributed by atoms with Gasteiger partial charge in [-0.2, -0.15) is 4.98 Å². The summed E-state index contributed by atoms with van der Waals surface area (Å²) in [6.07, 6.45) is 0. The predicted octanol–water partition coefficient (Wildman–Crippen LogP) is -2.24. The van der Waals surface area contributed by atoms with Crippen LogP contribution in [0.4, 0.5) is 0 Å². The van der Waals surface area contributed by atoms with Crippen LogP contribution in [0.5, 0.6) is 0 Å². The number of hydrogen-bond acceptors (Lipinski definition) is 5. The average Bonchev–Trinajstić information content (AvgIpc) is 2.67. The van der Waals surface area contributed by atoms with E-state index in [1.54, 1.807) is 24.3 Å². The molecule has 0 spiro atoms. The Morgan fingerprint density at radius 3 is 2.62 bits per heavy atom. The Morgan fingerprint density at radius 1 is 1.38 bits per heavy atom. The van der Waals surface area contributed by atoms with Crippen molar-refractivity contribution in [3.8, 4) is 11.5 Å². The van der Waals surface area contributed by atoms with Crippen molar-refractivity contribution in [3.63, 3.8) is 0 Å². The fraction of sp³-hybridized carbons (Fsp3) is 0. The third kappa shape index (κ3) is 2.62. The molecule has 0 atom stereocenters. The number of carboxylic acid groups (broad SMARTS) is 1. The molecule has 1 aromatic heterocycles. The smallest absolute Gasteiger partial charge is 0.541 e. The molecule has 5 nitrogen and oxygen atoms in total. The standard InChI is InChI=1S/C9H5ClN2O3.Na/c10-6-4-2-1-3-5(6)8-11-7(9(13)14)12-15-8;/h1-4H,(H,13,14);/q;+1/p-1. The van der Waals surface area contributed by atoms with Crippen LogP contribution in [0.2, 0.25) is 5.02 Å². The SMILES string of the molecule is O=C([O-])c1noc(-c2ccccc2Cl)n1.[Na+]. The van der Waals surface area contributed by atoms with Gasteiger partial charge in [0.2, 0.25) is 5.82 Å². The van der Waals surface area contributed by atoms with Crippen molar-refractivity contribution in [1.29, 1.82) is 0 Å². The molecule has 7 heteroatoms. The van der Waals surface area contributed by atoms with Gasteiger partial charge < -0.3 is 14.4 Å². The van der Waals surface area contributed by atoms with Gasteiger partial charge in [-0.25, -0.2) is 0 Å². The number of rotatable bonds is 2. The molecular formula is C9H4ClN2NaO3. The van der Waals surface area contributed by atoms with E-state index in [2.05, 4.69) is 10.1 Å². The monoisotopic (exact) mass is 246 g/mol. The Hall–Kier alpha value is -0.880. The fourth-order valence-corrected chi connectivity index (χ4v) is 1.27. The topological polar surface area (TPSA) is 79.0 Å². The number of halogens is 1. The van der Waals surface area contributed by atoms with Crippen molar-refractivity contribution in [2.24, 2.45) is 0 Å². The summed E-state index contributed by atoms with van der Waals surface area (Å²) in [5.41, 5.74) is 0.485. The minimum atomic E-state index is -1.49. The van der Waals surface area contributed by atoms with Crippen molar-refractivity contribution in [2.45, 2.75) is 0 Å². The van der Waals surface area contributed by atoms with Gasteiger partial charge in [-0.1, -0.05) is 28.9 Å². The van der Waals surface area contributed by atoms with E-state index < -0.39 is 11.8 Å². The van der Waals surface area contributed by atoms with Crippen molar-refractivity contribution in [3.05, 3.63) is 35.1 Å². The molecule has 0 saturated carbocycles. The van der Waals surface area contributed by atoms with Crippen LogP contribution in [0.25, 0.3) is 11.5 Å². The molecular weight excluding hydrogens is 243 g/mol. The maximum absolute atomic E-state index is 10.4. The van der Waals surface area contributed by atoms with Crippen molar-refractivity contribution in [2.75, 3.05) is 0 Å². The van der Waals surface area contributed by atoms with Gasteiger partial charge in [0, 0.05) is 0 Å². The molecule has 16 heavy (non-hydrogen) atoms. The quantitative estimate of drug-likeness (QED) is 0.560. The van der Waals surface area contributed by atoms with E-state index in [0.717, 1.165) is 0 Å². The fourth-order valence-electron chi connectivity index (χ4n) is 1.05. The molecule has 76 valence electrons. The average molecular weight is 247 g/mol. The van der Waals surface area contributed by atoms with Crippen LogP contribution in [-0.2, 0) is 0 Å². The molecule has 0 radical (unpaired) electrons. The van der Waals surface area contributed by atoms with E-state index in [4.69, 9.17) is 16.1 Å². The predicted molar refractivity (Wildman–Crippen MR) is 49.1 cm³/mol. The first-order valence-electron chi connectivity index (χ1n) is 3.98. The summed E-state index contributed by atoms with van der Waals surface area (Å²) in [5.74, 6) is -1.93. The van der Waals surface area contributed by atoms with E-state index in [1.165, 1.54) is 0 Å². The summed E-state index contributed by atoms with van der Waals surface area (Å²) >= 11 is 5.86. The normalized spacial score (nSPS) is 9.56. The Labute approximate surface area is 118 Å². The number of carboxylic acids is 1. The zero-order chi connectivity index (χ0) is 10.8. The first-order chi connectivity index (χ1) is 7.18. The number of benzene rings is 1. The van der Waals surface area contributed by atoms with Crippen LogP contribution in [-0.4, -0.2) is 16.1 Å². The molecule has 2 rings (SSSR count). The number of carbonyl (C=O) groups excluding carboxylic acids is 1. The summed E-state index contributed by atoms with van der Waals surface area (Å²) in [7, 11) is 0. The molecule has 0 saturated heterocycles. The van der Waals surface area contributed by atoms with Gasteiger partial charge in [-0.05, 0) is 12.1 Å². The molecule has 0 unspecified atom stereocenters. The summed E-state index contributed by atoms with van der Waals surface area (Å²) in [5, 5.41) is 14.0. The molecule has 0 bridgehead atoms. The van der Waals surface area contributed by atoms with Gasteiger partial charge >= 0.3 is 29.6 Å². The van der Waals surface area contributed by atoms with Gasteiger partial charge in [-0.15, -0.1) is 0 Å². The van der Waals surface area contributed by atoms with Gasteiger partial charge in [-0.3, -0.25) is 0 Å². The number of nitrogens with zero attached hydrogens (tertiary/aromatic N) is 2. The molecule has 0 aliphatic heterocycles. The minimum absolute atomic E-state index is 0. The molecule has 0 aliphatic rings. The van der Waals surface area contributed by atoms with Crippen LogP contribution in [0, 0.1) is 0 Å². The van der Waals surface area contributed by atoms with Crippen LogP contribution in [0.3, 0.4) is 0 Å². The molecule has 0 N–H and O–H groups in total. The number of aromatic nitrogens is 2. The van der Waals surface area contributed by atoms with Gasteiger partial charge in [0.1, 0.15) is 5.97 Å². The van der Waals surface area contributed by atoms with Crippen LogP contribution in [0.1, 0.15) is 10.6 Å². The largest absolute Gasteiger partial charge is 1.00 e. The summed E-state index contributed by atoms with van der Waals surface area (Å²) in [4.78, 5) is 14.0. The van der Waals surface area contributed by atoms with E-state index in [1.807, 2.05) is 0 Å². The maximum atomic E-state index is 10.4. The Bertz CT molecular complexity index is 515. The van der Waals surface area contributed by atoms with Crippen molar-refractivity contribution >= 4 is 17.6 Å². The van der Waals surface area contributed by atoms with E-state index in [0.29, 0.717) is 10.6 Å². The van der Waals surface area contributed by atoms with Crippen molar-refractivity contribution < 1.29 is 44.0 Å². The molecule has 2 aromatic rings. The Morgan fingerprint density at radius 2 is 2.06 bits per heavy atom. The van der Waals surface area contributed by atoms with Crippen LogP contribution < -0.4 is 34.7 Å². The van der Waals surface area contributed by atoms with E-state index >= 15 is 0 Å². The second-order valence-corrected chi connectivity index (χ2v) is 3.10. The van der Waals surface area contributed by atoms with Crippen LogP contribution in [0.15, 0.2) is 28.8 Å². The Balaban J connectivity index is 0.00000128.